The third-order valence-electron chi connectivity index (χ3n) is 4.74. The Bertz CT molecular complexity index is 457. The first-order valence-electron chi connectivity index (χ1n) is 7.66. The Morgan fingerprint density at radius 2 is 1.85 bits per heavy atom. The van der Waals surface area contributed by atoms with Crippen LogP contribution in [0, 0.1) is 0 Å². The van der Waals surface area contributed by atoms with Crippen LogP contribution < -0.4 is 5.32 Å². The molecule has 1 aromatic rings. The molecular formula is C16H24N2O2. The van der Waals surface area contributed by atoms with Gasteiger partial charge in [0.05, 0.1) is 0 Å². The summed E-state index contributed by atoms with van der Waals surface area (Å²) in [4.78, 5) is 2.60. The highest BCUT2D eigenvalue weighted by Gasteiger charge is 2.35. The third-order valence-corrected chi connectivity index (χ3v) is 4.74. The van der Waals surface area contributed by atoms with Gasteiger partial charge in [0.2, 0.25) is 0 Å². The molecule has 3 N–H and O–H groups in total. The van der Waals surface area contributed by atoms with Gasteiger partial charge in [0, 0.05) is 30.7 Å². The first kappa shape index (κ1) is 13.7. The van der Waals surface area contributed by atoms with Gasteiger partial charge in [-0.15, -0.1) is 0 Å². The van der Waals surface area contributed by atoms with Gasteiger partial charge < -0.3 is 15.5 Å². The van der Waals surface area contributed by atoms with E-state index in [1.165, 1.54) is 44.8 Å². The number of phenols is 2. The molecule has 0 aromatic heterocycles. The lowest BCUT2D eigenvalue weighted by atomic mass is 9.97. The van der Waals surface area contributed by atoms with Crippen LogP contribution in [0.4, 0.5) is 0 Å². The van der Waals surface area contributed by atoms with Gasteiger partial charge in [-0.1, -0.05) is 6.42 Å². The molecule has 110 valence electrons. The zero-order valence-corrected chi connectivity index (χ0v) is 12.0. The van der Waals surface area contributed by atoms with Crippen LogP contribution in [-0.4, -0.2) is 40.3 Å². The van der Waals surface area contributed by atoms with E-state index in [0.29, 0.717) is 12.1 Å². The van der Waals surface area contributed by atoms with E-state index >= 15 is 0 Å². The fraction of sp³-hybridized carbons (Fsp3) is 0.625. The summed E-state index contributed by atoms with van der Waals surface area (Å²) in [7, 11) is 0. The van der Waals surface area contributed by atoms with Crippen LogP contribution in [0.2, 0.25) is 0 Å². The number of fused-ring (bicyclic) bond motifs is 1. The fourth-order valence-electron chi connectivity index (χ4n) is 3.73. The SMILES string of the molecule is CC(NC1CCN2CCCCC12)c1cc(O)cc(O)c1. The minimum atomic E-state index is 0.124. The van der Waals surface area contributed by atoms with E-state index in [4.69, 9.17) is 0 Å². The minimum absolute atomic E-state index is 0.124. The normalized spacial score (nSPS) is 28.2. The van der Waals surface area contributed by atoms with E-state index < -0.39 is 0 Å². The number of piperidine rings is 1. The zero-order valence-electron chi connectivity index (χ0n) is 12.0. The van der Waals surface area contributed by atoms with Crippen molar-refractivity contribution >= 4 is 0 Å². The second kappa shape index (κ2) is 5.62. The number of rotatable bonds is 3. The number of aromatic hydroxyl groups is 2. The first-order valence-corrected chi connectivity index (χ1v) is 7.66. The summed E-state index contributed by atoms with van der Waals surface area (Å²) < 4.78 is 0. The molecule has 0 bridgehead atoms. The largest absolute Gasteiger partial charge is 0.508 e. The number of benzene rings is 1. The van der Waals surface area contributed by atoms with Crippen molar-refractivity contribution < 1.29 is 10.2 Å². The number of nitrogens with zero attached hydrogens (tertiary/aromatic N) is 1. The summed E-state index contributed by atoms with van der Waals surface area (Å²) in [5.41, 5.74) is 0.941. The van der Waals surface area contributed by atoms with Crippen molar-refractivity contribution in [3.05, 3.63) is 23.8 Å². The monoisotopic (exact) mass is 276 g/mol. The van der Waals surface area contributed by atoms with Gasteiger partial charge in [0.25, 0.3) is 0 Å². The van der Waals surface area contributed by atoms with Crippen LogP contribution in [0.15, 0.2) is 18.2 Å². The van der Waals surface area contributed by atoms with Crippen molar-refractivity contribution in [2.75, 3.05) is 13.1 Å². The molecule has 0 radical (unpaired) electrons. The maximum absolute atomic E-state index is 9.60. The molecular weight excluding hydrogens is 252 g/mol. The lowest BCUT2D eigenvalue weighted by Gasteiger charge is -2.34. The highest BCUT2D eigenvalue weighted by Crippen LogP contribution is 2.30. The van der Waals surface area contributed by atoms with Crippen molar-refractivity contribution in [3.63, 3.8) is 0 Å². The Balaban J connectivity index is 1.68. The average Bonchev–Trinajstić information content (AvgIpc) is 2.81. The van der Waals surface area contributed by atoms with Crippen LogP contribution >= 0.6 is 0 Å². The van der Waals surface area contributed by atoms with E-state index in [1.807, 2.05) is 0 Å². The summed E-state index contributed by atoms with van der Waals surface area (Å²) in [5, 5.41) is 22.9. The predicted molar refractivity (Wildman–Crippen MR) is 78.9 cm³/mol. The lowest BCUT2D eigenvalue weighted by Crippen LogP contribution is -2.45. The second-order valence-electron chi connectivity index (χ2n) is 6.17. The minimum Gasteiger partial charge on any atom is -0.508 e. The first-order chi connectivity index (χ1) is 9.63. The maximum atomic E-state index is 9.60. The van der Waals surface area contributed by atoms with Crippen LogP contribution in [0.5, 0.6) is 11.5 Å². The van der Waals surface area contributed by atoms with Crippen molar-refractivity contribution in [1.82, 2.24) is 10.2 Å². The molecule has 2 aliphatic rings. The van der Waals surface area contributed by atoms with E-state index in [2.05, 4.69) is 17.1 Å². The molecule has 4 heteroatoms. The number of phenolic OH excluding ortho intramolecular Hbond substituents is 2. The smallest absolute Gasteiger partial charge is 0.119 e. The van der Waals surface area contributed by atoms with E-state index in [-0.39, 0.29) is 17.5 Å². The van der Waals surface area contributed by atoms with E-state index in [9.17, 15) is 10.2 Å². The fourth-order valence-corrected chi connectivity index (χ4v) is 3.73. The number of nitrogens with one attached hydrogen (secondary N) is 1. The third kappa shape index (κ3) is 2.76. The molecule has 2 aliphatic heterocycles. The molecule has 3 atom stereocenters. The Morgan fingerprint density at radius 3 is 2.60 bits per heavy atom. The van der Waals surface area contributed by atoms with Crippen LogP contribution in [-0.2, 0) is 0 Å². The van der Waals surface area contributed by atoms with Crippen molar-refractivity contribution in [1.29, 1.82) is 0 Å². The summed E-state index contributed by atoms with van der Waals surface area (Å²) in [6.45, 7) is 4.53. The molecule has 2 saturated heterocycles. The van der Waals surface area contributed by atoms with Gasteiger partial charge in [-0.3, -0.25) is 4.90 Å². The summed E-state index contributed by atoms with van der Waals surface area (Å²) >= 11 is 0. The standard InChI is InChI=1S/C16H24N2O2/c1-11(12-8-13(19)10-14(20)9-12)17-15-5-7-18-6-3-2-4-16(15)18/h8-11,15-17,19-20H,2-7H2,1H3. The highest BCUT2D eigenvalue weighted by molar-refractivity contribution is 5.38. The van der Waals surface area contributed by atoms with Crippen molar-refractivity contribution in [2.24, 2.45) is 0 Å². The summed E-state index contributed by atoms with van der Waals surface area (Å²) in [6, 6.07) is 6.15. The van der Waals surface area contributed by atoms with Crippen molar-refractivity contribution in [3.8, 4) is 11.5 Å². The van der Waals surface area contributed by atoms with Crippen LogP contribution in [0.25, 0.3) is 0 Å². The lowest BCUT2D eigenvalue weighted by molar-refractivity contribution is 0.177. The van der Waals surface area contributed by atoms with Gasteiger partial charge in [-0.05, 0) is 50.4 Å². The Morgan fingerprint density at radius 1 is 1.10 bits per heavy atom. The van der Waals surface area contributed by atoms with Crippen LogP contribution in [0.3, 0.4) is 0 Å². The summed E-state index contributed by atoms with van der Waals surface area (Å²) in [5.74, 6) is 0.249. The molecule has 2 heterocycles. The molecule has 20 heavy (non-hydrogen) atoms. The average molecular weight is 276 g/mol. The number of hydrogen-bond donors (Lipinski definition) is 3. The van der Waals surface area contributed by atoms with Crippen LogP contribution in [0.1, 0.15) is 44.2 Å². The van der Waals surface area contributed by atoms with Gasteiger partial charge >= 0.3 is 0 Å². The van der Waals surface area contributed by atoms with E-state index in [0.717, 1.165) is 5.56 Å². The predicted octanol–water partition coefficient (Wildman–Crippen LogP) is 2.38. The number of hydrogen-bond acceptors (Lipinski definition) is 4. The van der Waals surface area contributed by atoms with Gasteiger partial charge in [-0.2, -0.15) is 0 Å². The van der Waals surface area contributed by atoms with Gasteiger partial charge in [0.1, 0.15) is 11.5 Å². The molecule has 0 aliphatic carbocycles. The second-order valence-corrected chi connectivity index (χ2v) is 6.17. The highest BCUT2D eigenvalue weighted by atomic mass is 16.3. The van der Waals surface area contributed by atoms with E-state index in [1.54, 1.807) is 12.1 Å². The molecule has 1 aromatic carbocycles. The van der Waals surface area contributed by atoms with Crippen molar-refractivity contribution in [2.45, 2.75) is 50.7 Å². The molecule has 3 rings (SSSR count). The molecule has 0 saturated carbocycles. The molecule has 3 unspecified atom stereocenters. The quantitative estimate of drug-likeness (QED) is 0.793. The Kier molecular flexibility index (Phi) is 3.85. The molecule has 0 amide bonds. The summed E-state index contributed by atoms with van der Waals surface area (Å²) in [6.07, 6.45) is 5.15. The molecule has 2 fully saturated rings. The Hall–Kier alpha value is -1.26. The van der Waals surface area contributed by atoms with Gasteiger partial charge in [-0.25, -0.2) is 0 Å². The molecule has 4 nitrogen and oxygen atoms in total. The zero-order chi connectivity index (χ0) is 14.1. The Labute approximate surface area is 120 Å². The molecule has 0 spiro atoms. The maximum Gasteiger partial charge on any atom is 0.119 e. The van der Waals surface area contributed by atoms with Gasteiger partial charge in [0.15, 0.2) is 0 Å². The topological polar surface area (TPSA) is 55.7 Å².